The molecule has 1 aliphatic heterocycles. The molecule has 0 bridgehead atoms. The Morgan fingerprint density at radius 2 is 1.79 bits per heavy atom. The van der Waals surface area contributed by atoms with Crippen LogP contribution in [0.2, 0.25) is 0 Å². The maximum absolute atomic E-state index is 9.83. The van der Waals surface area contributed by atoms with Gasteiger partial charge in [0.05, 0.1) is 10.2 Å². The molecule has 106 valence electrons. The Morgan fingerprint density at radius 3 is 2.42 bits per heavy atom. The molecule has 2 rings (SSSR count). The van der Waals surface area contributed by atoms with Gasteiger partial charge in [-0.25, -0.2) is 0 Å². The van der Waals surface area contributed by atoms with E-state index in [9.17, 15) is 15.3 Å². The van der Waals surface area contributed by atoms with Crippen LogP contribution >= 0.6 is 22.6 Å². The molecule has 7 heteroatoms. The van der Waals surface area contributed by atoms with Gasteiger partial charge in [-0.05, 0) is 34.7 Å². The first-order valence-corrected chi connectivity index (χ1v) is 6.84. The van der Waals surface area contributed by atoms with Crippen molar-refractivity contribution >= 4 is 22.6 Å². The molecule has 0 spiro atoms. The van der Waals surface area contributed by atoms with E-state index in [4.69, 9.17) is 14.6 Å². The summed E-state index contributed by atoms with van der Waals surface area (Å²) in [5.74, 6) is 0.493. The molecule has 1 aromatic carbocycles. The number of benzene rings is 1. The number of aliphatic hydroxyl groups is 4. The first-order chi connectivity index (χ1) is 9.04. The number of aliphatic hydroxyl groups excluding tert-OH is 4. The van der Waals surface area contributed by atoms with E-state index in [-0.39, 0.29) is 0 Å². The van der Waals surface area contributed by atoms with Crippen LogP contribution in [0.15, 0.2) is 24.3 Å². The average Bonchev–Trinajstić information content (AvgIpc) is 2.41. The molecule has 0 amide bonds. The van der Waals surface area contributed by atoms with Crippen molar-refractivity contribution in [2.75, 3.05) is 6.61 Å². The third-order valence-corrected chi connectivity index (χ3v) is 3.82. The van der Waals surface area contributed by atoms with Crippen molar-refractivity contribution in [1.29, 1.82) is 0 Å². The van der Waals surface area contributed by atoms with Crippen LogP contribution in [0.3, 0.4) is 0 Å². The van der Waals surface area contributed by atoms with Crippen LogP contribution in [-0.4, -0.2) is 57.7 Å². The van der Waals surface area contributed by atoms with Crippen molar-refractivity contribution in [3.8, 4) is 5.75 Å². The van der Waals surface area contributed by atoms with E-state index in [0.29, 0.717) is 5.75 Å². The summed E-state index contributed by atoms with van der Waals surface area (Å²) in [6.07, 6.45) is -6.32. The first-order valence-electron chi connectivity index (χ1n) is 5.76. The van der Waals surface area contributed by atoms with E-state index < -0.39 is 37.3 Å². The predicted octanol–water partition coefficient (Wildman–Crippen LogP) is -0.530. The topological polar surface area (TPSA) is 99.4 Å². The van der Waals surface area contributed by atoms with Crippen LogP contribution in [0.4, 0.5) is 0 Å². The number of rotatable bonds is 3. The summed E-state index contributed by atoms with van der Waals surface area (Å²) in [5, 5.41) is 38.2. The zero-order chi connectivity index (χ0) is 14.0. The molecule has 1 aliphatic rings. The highest BCUT2D eigenvalue weighted by atomic mass is 127. The molecule has 0 aliphatic carbocycles. The number of hydrogen-bond acceptors (Lipinski definition) is 6. The van der Waals surface area contributed by atoms with Gasteiger partial charge in [0.2, 0.25) is 6.29 Å². The fourth-order valence-electron chi connectivity index (χ4n) is 1.83. The van der Waals surface area contributed by atoms with Gasteiger partial charge in [-0.2, -0.15) is 0 Å². The number of halogens is 1. The molecule has 4 N–H and O–H groups in total. The van der Waals surface area contributed by atoms with Crippen LogP contribution < -0.4 is 4.74 Å². The molecule has 5 unspecified atom stereocenters. The SMILES string of the molecule is OCC1OC(Oc2ccccc2I)C(O)C(O)C1O. The van der Waals surface area contributed by atoms with Gasteiger partial charge in [-0.3, -0.25) is 0 Å². The lowest BCUT2D eigenvalue weighted by Gasteiger charge is -2.39. The smallest absolute Gasteiger partial charge is 0.229 e. The minimum absolute atomic E-state index is 0.476. The number of hydrogen-bond donors (Lipinski definition) is 4. The monoisotopic (exact) mass is 382 g/mol. The Balaban J connectivity index is 2.13. The van der Waals surface area contributed by atoms with Crippen LogP contribution in [0.5, 0.6) is 5.75 Å². The van der Waals surface area contributed by atoms with E-state index >= 15 is 0 Å². The molecule has 1 heterocycles. The van der Waals surface area contributed by atoms with Gasteiger partial charge in [-0.15, -0.1) is 0 Å². The Kier molecular flexibility index (Phi) is 4.98. The molecule has 1 aromatic rings. The summed E-state index contributed by atoms with van der Waals surface area (Å²) in [4.78, 5) is 0. The summed E-state index contributed by atoms with van der Waals surface area (Å²) < 4.78 is 11.6. The molecule has 1 saturated heterocycles. The predicted molar refractivity (Wildman–Crippen MR) is 73.6 cm³/mol. The van der Waals surface area contributed by atoms with Crippen LogP contribution in [0, 0.1) is 3.57 Å². The van der Waals surface area contributed by atoms with Gasteiger partial charge in [0.25, 0.3) is 0 Å². The van der Waals surface area contributed by atoms with E-state index in [0.717, 1.165) is 3.57 Å². The van der Waals surface area contributed by atoms with Gasteiger partial charge in [0.1, 0.15) is 30.2 Å². The summed E-state index contributed by atoms with van der Waals surface area (Å²) >= 11 is 2.06. The van der Waals surface area contributed by atoms with Gasteiger partial charge < -0.3 is 29.9 Å². The van der Waals surface area contributed by atoms with Crippen molar-refractivity contribution in [1.82, 2.24) is 0 Å². The Hall–Kier alpha value is -0.450. The lowest BCUT2D eigenvalue weighted by atomic mass is 9.99. The van der Waals surface area contributed by atoms with Crippen molar-refractivity contribution in [2.24, 2.45) is 0 Å². The summed E-state index contributed by atoms with van der Waals surface area (Å²) in [6, 6.07) is 7.12. The largest absolute Gasteiger partial charge is 0.461 e. The highest BCUT2D eigenvalue weighted by Crippen LogP contribution is 2.26. The summed E-state index contributed by atoms with van der Waals surface area (Å²) in [6.45, 7) is -0.476. The maximum atomic E-state index is 9.83. The summed E-state index contributed by atoms with van der Waals surface area (Å²) in [7, 11) is 0. The number of ether oxygens (including phenoxy) is 2. The second kappa shape index (κ2) is 6.33. The maximum Gasteiger partial charge on any atom is 0.229 e. The van der Waals surface area contributed by atoms with Gasteiger partial charge in [0, 0.05) is 0 Å². The van der Waals surface area contributed by atoms with E-state index in [1.165, 1.54) is 0 Å². The minimum atomic E-state index is -1.43. The Bertz CT molecular complexity index is 426. The van der Waals surface area contributed by atoms with Crippen molar-refractivity contribution in [2.45, 2.75) is 30.7 Å². The normalized spacial score (nSPS) is 35.1. The van der Waals surface area contributed by atoms with Gasteiger partial charge >= 0.3 is 0 Å². The van der Waals surface area contributed by atoms with E-state index in [1.54, 1.807) is 12.1 Å². The first kappa shape index (κ1) is 14.9. The highest BCUT2D eigenvalue weighted by molar-refractivity contribution is 14.1. The molecule has 0 saturated carbocycles. The fraction of sp³-hybridized carbons (Fsp3) is 0.500. The molecule has 0 radical (unpaired) electrons. The average molecular weight is 382 g/mol. The standard InChI is InChI=1S/C12H15IO6/c13-6-3-1-2-4-7(6)18-12-11(17)10(16)9(15)8(5-14)19-12/h1-4,8-12,14-17H,5H2. The van der Waals surface area contributed by atoms with E-state index in [2.05, 4.69) is 22.6 Å². The summed E-state index contributed by atoms with van der Waals surface area (Å²) in [5.41, 5.74) is 0. The van der Waals surface area contributed by atoms with E-state index in [1.807, 2.05) is 12.1 Å². The minimum Gasteiger partial charge on any atom is -0.461 e. The fourth-order valence-corrected chi connectivity index (χ4v) is 2.34. The van der Waals surface area contributed by atoms with Gasteiger partial charge in [0.15, 0.2) is 0 Å². The van der Waals surface area contributed by atoms with Crippen molar-refractivity contribution in [3.05, 3.63) is 27.8 Å². The molecule has 1 fully saturated rings. The Morgan fingerprint density at radius 1 is 1.11 bits per heavy atom. The Labute approximate surface area is 123 Å². The van der Waals surface area contributed by atoms with Crippen molar-refractivity contribution < 1.29 is 29.9 Å². The number of para-hydroxylation sites is 1. The molecular weight excluding hydrogens is 367 g/mol. The second-order valence-corrected chi connectivity index (χ2v) is 5.41. The lowest BCUT2D eigenvalue weighted by molar-refractivity contribution is -0.277. The zero-order valence-corrected chi connectivity index (χ0v) is 12.0. The lowest BCUT2D eigenvalue weighted by Crippen LogP contribution is -2.60. The third-order valence-electron chi connectivity index (χ3n) is 2.93. The molecule has 0 aromatic heterocycles. The van der Waals surface area contributed by atoms with Crippen molar-refractivity contribution in [3.63, 3.8) is 0 Å². The molecular formula is C12H15IO6. The van der Waals surface area contributed by atoms with Crippen LogP contribution in [0.25, 0.3) is 0 Å². The quantitative estimate of drug-likeness (QED) is 0.525. The highest BCUT2D eigenvalue weighted by Gasteiger charge is 2.44. The molecule has 6 nitrogen and oxygen atoms in total. The second-order valence-electron chi connectivity index (χ2n) is 4.25. The van der Waals surface area contributed by atoms with Crippen LogP contribution in [0.1, 0.15) is 0 Å². The van der Waals surface area contributed by atoms with Crippen LogP contribution in [-0.2, 0) is 4.74 Å². The zero-order valence-electron chi connectivity index (χ0n) is 9.89. The van der Waals surface area contributed by atoms with Gasteiger partial charge in [-0.1, -0.05) is 12.1 Å². The molecule has 19 heavy (non-hydrogen) atoms. The third kappa shape index (κ3) is 3.18. The molecule has 5 atom stereocenters.